The first-order valence-electron chi connectivity index (χ1n) is 5.13. The minimum absolute atomic E-state index is 0.275. The molecule has 0 nitrogen and oxygen atoms in total. The average Bonchev–Trinajstić information content (AvgIpc) is 2.17. The number of benzene rings is 1. The van der Waals surface area contributed by atoms with Crippen molar-refractivity contribution in [2.24, 2.45) is 5.92 Å². The number of thioether (sulfide) groups is 1. The zero-order valence-electron chi connectivity index (χ0n) is 9.79. The molecule has 0 heterocycles. The summed E-state index contributed by atoms with van der Waals surface area (Å²) in [6.45, 7) is 9.18. The van der Waals surface area contributed by atoms with Gasteiger partial charge in [-0.25, -0.2) is 0 Å². The third-order valence-electron chi connectivity index (χ3n) is 3.28. The second kappa shape index (κ2) is 4.39. The predicted octanol–water partition coefficient (Wildman–Crippen LogP) is 4.34. The van der Waals surface area contributed by atoms with Crippen LogP contribution >= 0.6 is 11.8 Å². The van der Waals surface area contributed by atoms with Gasteiger partial charge >= 0.3 is 0 Å². The van der Waals surface area contributed by atoms with Gasteiger partial charge in [-0.1, -0.05) is 39.8 Å². The van der Waals surface area contributed by atoms with Gasteiger partial charge in [0.25, 0.3) is 0 Å². The Kier molecular flexibility index (Phi) is 3.65. The Hall–Kier alpha value is -0.430. The van der Waals surface area contributed by atoms with Crippen LogP contribution in [0.15, 0.2) is 29.2 Å². The van der Waals surface area contributed by atoms with Crippen molar-refractivity contribution < 1.29 is 0 Å². The first kappa shape index (κ1) is 11.6. The molecule has 0 aliphatic rings. The van der Waals surface area contributed by atoms with Crippen LogP contribution < -0.4 is 0 Å². The van der Waals surface area contributed by atoms with Crippen LogP contribution in [0.4, 0.5) is 0 Å². The first-order chi connectivity index (χ1) is 6.48. The first-order valence-corrected chi connectivity index (χ1v) is 6.35. The summed E-state index contributed by atoms with van der Waals surface area (Å²) in [6, 6.07) is 8.94. The minimum Gasteiger partial charge on any atom is -0.130 e. The molecule has 0 radical (unpaired) electrons. The lowest BCUT2D eigenvalue weighted by Gasteiger charge is -2.30. The number of rotatable bonds is 3. The highest BCUT2D eigenvalue weighted by Crippen LogP contribution is 2.32. The van der Waals surface area contributed by atoms with Crippen LogP contribution in [0.25, 0.3) is 0 Å². The normalized spacial score (nSPS) is 12.1. The molecule has 0 aliphatic heterocycles. The van der Waals surface area contributed by atoms with Gasteiger partial charge in [0.15, 0.2) is 0 Å². The zero-order chi connectivity index (χ0) is 10.8. The Bertz CT molecular complexity index is 283. The Morgan fingerprint density at radius 2 is 1.57 bits per heavy atom. The molecular formula is C13H20S. The van der Waals surface area contributed by atoms with Crippen LogP contribution in [0.1, 0.15) is 33.3 Å². The molecule has 0 saturated carbocycles. The molecule has 0 unspecified atom stereocenters. The highest BCUT2D eigenvalue weighted by Gasteiger charge is 2.24. The number of hydrogen-bond acceptors (Lipinski definition) is 1. The van der Waals surface area contributed by atoms with E-state index in [9.17, 15) is 0 Å². The van der Waals surface area contributed by atoms with Gasteiger partial charge in [-0.05, 0) is 35.3 Å². The standard InChI is InChI=1S/C13H20S/c1-10(2)13(3,4)11-6-8-12(14-5)9-7-11/h6-10H,1-5H3. The van der Waals surface area contributed by atoms with E-state index >= 15 is 0 Å². The van der Waals surface area contributed by atoms with Crippen LogP contribution in [-0.4, -0.2) is 6.26 Å². The van der Waals surface area contributed by atoms with E-state index in [1.165, 1.54) is 10.5 Å². The molecule has 0 spiro atoms. The predicted molar refractivity (Wildman–Crippen MR) is 66.1 cm³/mol. The van der Waals surface area contributed by atoms with Crippen molar-refractivity contribution in [2.75, 3.05) is 6.26 Å². The van der Waals surface area contributed by atoms with E-state index in [4.69, 9.17) is 0 Å². The second-order valence-electron chi connectivity index (χ2n) is 4.60. The molecule has 0 bridgehead atoms. The molecule has 1 heteroatoms. The van der Waals surface area contributed by atoms with Crippen molar-refractivity contribution in [3.63, 3.8) is 0 Å². The van der Waals surface area contributed by atoms with Crippen molar-refractivity contribution in [3.8, 4) is 0 Å². The maximum Gasteiger partial charge on any atom is 0.00693 e. The molecule has 0 fully saturated rings. The summed E-state index contributed by atoms with van der Waals surface area (Å²) in [5, 5.41) is 0. The largest absolute Gasteiger partial charge is 0.130 e. The quantitative estimate of drug-likeness (QED) is 0.666. The molecule has 1 aromatic rings. The van der Waals surface area contributed by atoms with Crippen molar-refractivity contribution in [3.05, 3.63) is 29.8 Å². The van der Waals surface area contributed by atoms with Gasteiger partial charge in [-0.3, -0.25) is 0 Å². The summed E-state index contributed by atoms with van der Waals surface area (Å²) in [4.78, 5) is 1.34. The van der Waals surface area contributed by atoms with E-state index in [0.29, 0.717) is 5.92 Å². The van der Waals surface area contributed by atoms with E-state index in [1.807, 2.05) is 0 Å². The van der Waals surface area contributed by atoms with Crippen molar-refractivity contribution in [2.45, 2.75) is 38.0 Å². The lowest BCUT2D eigenvalue weighted by molar-refractivity contribution is 0.372. The van der Waals surface area contributed by atoms with Crippen LogP contribution in [0, 0.1) is 5.92 Å². The molecule has 78 valence electrons. The fourth-order valence-corrected chi connectivity index (χ4v) is 1.76. The monoisotopic (exact) mass is 208 g/mol. The van der Waals surface area contributed by atoms with Gasteiger partial charge in [0.1, 0.15) is 0 Å². The van der Waals surface area contributed by atoms with E-state index in [1.54, 1.807) is 11.8 Å². The van der Waals surface area contributed by atoms with Crippen molar-refractivity contribution in [1.29, 1.82) is 0 Å². The molecule has 1 rings (SSSR count). The van der Waals surface area contributed by atoms with Crippen LogP contribution in [0.3, 0.4) is 0 Å². The molecule has 0 aliphatic carbocycles. The molecule has 1 aromatic carbocycles. The maximum atomic E-state index is 2.31. The Morgan fingerprint density at radius 3 is 1.93 bits per heavy atom. The molecule has 0 amide bonds. The topological polar surface area (TPSA) is 0 Å². The third kappa shape index (κ3) is 2.33. The van der Waals surface area contributed by atoms with Crippen LogP contribution in [-0.2, 0) is 5.41 Å². The van der Waals surface area contributed by atoms with Crippen molar-refractivity contribution in [1.82, 2.24) is 0 Å². The van der Waals surface area contributed by atoms with Gasteiger partial charge in [-0.15, -0.1) is 11.8 Å². The van der Waals surface area contributed by atoms with E-state index in [-0.39, 0.29) is 5.41 Å². The second-order valence-corrected chi connectivity index (χ2v) is 5.48. The SMILES string of the molecule is CSc1ccc(C(C)(C)C(C)C)cc1. The van der Waals surface area contributed by atoms with Gasteiger partial charge < -0.3 is 0 Å². The Morgan fingerprint density at radius 1 is 1.07 bits per heavy atom. The Balaban J connectivity index is 2.97. The summed E-state index contributed by atoms with van der Waals surface area (Å²) >= 11 is 1.80. The number of hydrogen-bond donors (Lipinski definition) is 0. The summed E-state index contributed by atoms with van der Waals surface area (Å²) in [7, 11) is 0. The average molecular weight is 208 g/mol. The zero-order valence-corrected chi connectivity index (χ0v) is 10.6. The lowest BCUT2D eigenvalue weighted by atomic mass is 9.75. The Labute approximate surface area is 92.1 Å². The van der Waals surface area contributed by atoms with Gasteiger partial charge in [0, 0.05) is 4.90 Å². The highest BCUT2D eigenvalue weighted by molar-refractivity contribution is 7.98. The van der Waals surface area contributed by atoms with Crippen molar-refractivity contribution >= 4 is 11.8 Å². The molecule has 0 saturated heterocycles. The van der Waals surface area contributed by atoms with Gasteiger partial charge in [0.2, 0.25) is 0 Å². The fraction of sp³-hybridized carbons (Fsp3) is 0.538. The molecule has 0 atom stereocenters. The molecule has 0 aromatic heterocycles. The van der Waals surface area contributed by atoms with Crippen LogP contribution in [0.5, 0.6) is 0 Å². The smallest absolute Gasteiger partial charge is 0.00693 e. The molecule has 0 N–H and O–H groups in total. The van der Waals surface area contributed by atoms with Gasteiger partial charge in [-0.2, -0.15) is 0 Å². The summed E-state index contributed by atoms with van der Waals surface area (Å²) in [6.07, 6.45) is 2.11. The highest BCUT2D eigenvalue weighted by atomic mass is 32.2. The fourth-order valence-electron chi connectivity index (χ4n) is 1.35. The van der Waals surface area contributed by atoms with E-state index in [0.717, 1.165) is 0 Å². The molecule has 14 heavy (non-hydrogen) atoms. The summed E-state index contributed by atoms with van der Waals surface area (Å²) < 4.78 is 0. The maximum absolute atomic E-state index is 2.31. The molecular weight excluding hydrogens is 188 g/mol. The van der Waals surface area contributed by atoms with Gasteiger partial charge in [0.05, 0.1) is 0 Å². The summed E-state index contributed by atoms with van der Waals surface area (Å²) in [5.74, 6) is 0.669. The van der Waals surface area contributed by atoms with E-state index < -0.39 is 0 Å². The van der Waals surface area contributed by atoms with Crippen LogP contribution in [0.2, 0.25) is 0 Å². The van der Waals surface area contributed by atoms with E-state index in [2.05, 4.69) is 58.2 Å². The summed E-state index contributed by atoms with van der Waals surface area (Å²) in [5.41, 5.74) is 1.71. The lowest BCUT2D eigenvalue weighted by Crippen LogP contribution is -2.24. The minimum atomic E-state index is 0.275. The third-order valence-corrected chi connectivity index (χ3v) is 4.02.